The van der Waals surface area contributed by atoms with Crippen molar-refractivity contribution < 1.29 is 14.3 Å². The van der Waals surface area contributed by atoms with Gasteiger partial charge in [0.15, 0.2) is 0 Å². The molecule has 0 spiro atoms. The van der Waals surface area contributed by atoms with Crippen LogP contribution in [0.1, 0.15) is 55.2 Å². The monoisotopic (exact) mass is 330 g/mol. The van der Waals surface area contributed by atoms with E-state index in [1.807, 2.05) is 0 Å². The largest absolute Gasteiger partial charge is 0.493 e. The minimum atomic E-state index is -0.0647. The molecular weight excluding hydrogens is 304 g/mol. The van der Waals surface area contributed by atoms with Gasteiger partial charge in [-0.25, -0.2) is 4.79 Å². The molecule has 2 amide bonds. The molecule has 0 bridgehead atoms. The maximum Gasteiger partial charge on any atom is 0.315 e. The number of fused-ring (bicyclic) bond motifs is 2. The topological polar surface area (TPSA) is 59.6 Å². The van der Waals surface area contributed by atoms with Crippen molar-refractivity contribution in [1.82, 2.24) is 10.6 Å². The molecule has 1 aliphatic carbocycles. The van der Waals surface area contributed by atoms with Gasteiger partial charge in [-0.3, -0.25) is 0 Å². The van der Waals surface area contributed by atoms with Crippen molar-refractivity contribution in [2.24, 2.45) is 0 Å². The van der Waals surface area contributed by atoms with E-state index in [2.05, 4.69) is 16.7 Å². The summed E-state index contributed by atoms with van der Waals surface area (Å²) in [5, 5.41) is 6.18. The second kappa shape index (κ2) is 6.91. The van der Waals surface area contributed by atoms with E-state index < -0.39 is 0 Å². The summed E-state index contributed by atoms with van der Waals surface area (Å²) in [6, 6.07) is 2.37. The lowest BCUT2D eigenvalue weighted by Gasteiger charge is -2.18. The highest BCUT2D eigenvalue weighted by Gasteiger charge is 2.26. The minimum Gasteiger partial charge on any atom is -0.493 e. The van der Waals surface area contributed by atoms with E-state index in [0.29, 0.717) is 12.6 Å². The van der Waals surface area contributed by atoms with Crippen molar-refractivity contribution in [1.29, 1.82) is 0 Å². The SMILES string of the molecule is O=C(NCc1c2c(cc3c1OCC3)OCC2)NC1CCCCCC1. The number of carbonyl (C=O) groups excluding carboxylic acids is 1. The predicted molar refractivity (Wildman–Crippen MR) is 91.7 cm³/mol. The molecule has 1 aromatic rings. The molecule has 130 valence electrons. The van der Waals surface area contributed by atoms with Crippen LogP contribution in [-0.4, -0.2) is 25.3 Å². The van der Waals surface area contributed by atoms with Crippen molar-refractivity contribution in [3.8, 4) is 11.5 Å². The summed E-state index contributed by atoms with van der Waals surface area (Å²) >= 11 is 0. The maximum atomic E-state index is 12.3. The highest BCUT2D eigenvalue weighted by atomic mass is 16.5. The Morgan fingerprint density at radius 2 is 1.88 bits per heavy atom. The predicted octanol–water partition coefficient (Wildman–Crippen LogP) is 3.08. The van der Waals surface area contributed by atoms with E-state index >= 15 is 0 Å². The van der Waals surface area contributed by atoms with Crippen molar-refractivity contribution in [2.45, 2.75) is 64.0 Å². The molecule has 0 aromatic heterocycles. The molecule has 0 radical (unpaired) electrons. The molecular formula is C19H26N2O3. The van der Waals surface area contributed by atoms with E-state index in [4.69, 9.17) is 9.47 Å². The first kappa shape index (κ1) is 15.6. The molecule has 1 aromatic carbocycles. The van der Waals surface area contributed by atoms with Gasteiger partial charge in [0.1, 0.15) is 11.5 Å². The van der Waals surface area contributed by atoms with Gasteiger partial charge in [0, 0.05) is 42.1 Å². The molecule has 2 aliphatic heterocycles. The molecule has 0 atom stereocenters. The first-order valence-electron chi connectivity index (χ1n) is 9.29. The molecule has 3 aliphatic rings. The quantitative estimate of drug-likeness (QED) is 0.837. The number of ether oxygens (including phenoxy) is 2. The van der Waals surface area contributed by atoms with Crippen LogP contribution in [0.2, 0.25) is 0 Å². The Bertz CT molecular complexity index is 589. The number of rotatable bonds is 3. The summed E-state index contributed by atoms with van der Waals surface area (Å²) in [6.07, 6.45) is 9.03. The number of amides is 2. The molecule has 1 saturated carbocycles. The molecule has 5 heteroatoms. The van der Waals surface area contributed by atoms with Crippen LogP contribution < -0.4 is 20.1 Å². The van der Waals surface area contributed by atoms with Gasteiger partial charge in [-0.05, 0) is 18.9 Å². The van der Waals surface area contributed by atoms with Gasteiger partial charge in [-0.15, -0.1) is 0 Å². The van der Waals surface area contributed by atoms with Crippen molar-refractivity contribution in [3.05, 3.63) is 22.8 Å². The van der Waals surface area contributed by atoms with Crippen LogP contribution in [0, 0.1) is 0 Å². The average Bonchev–Trinajstić information content (AvgIpc) is 3.16. The lowest BCUT2D eigenvalue weighted by molar-refractivity contribution is 0.235. The van der Waals surface area contributed by atoms with Crippen LogP contribution in [0.15, 0.2) is 6.07 Å². The molecule has 24 heavy (non-hydrogen) atoms. The fraction of sp³-hybridized carbons (Fsp3) is 0.632. The van der Waals surface area contributed by atoms with Crippen molar-refractivity contribution in [2.75, 3.05) is 13.2 Å². The van der Waals surface area contributed by atoms with Crippen LogP contribution >= 0.6 is 0 Å². The first-order valence-corrected chi connectivity index (χ1v) is 9.29. The highest BCUT2D eigenvalue weighted by molar-refractivity contribution is 5.74. The normalized spacial score (nSPS) is 19.7. The molecule has 2 N–H and O–H groups in total. The number of hydrogen-bond donors (Lipinski definition) is 2. The standard InChI is InChI=1S/C19H26N2O3/c22-19(21-14-5-3-1-2-4-6-14)20-12-16-15-8-10-23-17(15)11-13-7-9-24-18(13)16/h11,14H,1-10,12H2,(H2,20,21,22). The van der Waals surface area contributed by atoms with Gasteiger partial charge in [0.2, 0.25) is 0 Å². The number of carbonyl (C=O) groups is 1. The zero-order valence-corrected chi connectivity index (χ0v) is 14.2. The third-order valence-electron chi connectivity index (χ3n) is 5.38. The van der Waals surface area contributed by atoms with Crippen molar-refractivity contribution in [3.63, 3.8) is 0 Å². The summed E-state index contributed by atoms with van der Waals surface area (Å²) in [5.41, 5.74) is 3.51. The Labute approximate surface area is 143 Å². The van der Waals surface area contributed by atoms with Gasteiger partial charge in [0.25, 0.3) is 0 Å². The van der Waals surface area contributed by atoms with E-state index in [-0.39, 0.29) is 6.03 Å². The van der Waals surface area contributed by atoms with Crippen molar-refractivity contribution >= 4 is 6.03 Å². The summed E-state index contributed by atoms with van der Waals surface area (Å²) in [6.45, 7) is 1.95. The first-order chi connectivity index (χ1) is 11.8. The van der Waals surface area contributed by atoms with E-state index in [1.165, 1.54) is 36.8 Å². The molecule has 1 fully saturated rings. The van der Waals surface area contributed by atoms with Gasteiger partial charge < -0.3 is 20.1 Å². The molecule has 2 heterocycles. The fourth-order valence-corrected chi connectivity index (χ4v) is 4.10. The summed E-state index contributed by atoms with van der Waals surface area (Å²) in [5.74, 6) is 1.94. The Kier molecular flexibility index (Phi) is 4.50. The van der Waals surface area contributed by atoms with E-state index in [0.717, 1.165) is 56.0 Å². The van der Waals surface area contributed by atoms with Gasteiger partial charge in [-0.2, -0.15) is 0 Å². The zero-order valence-electron chi connectivity index (χ0n) is 14.2. The second-order valence-electron chi connectivity index (χ2n) is 7.03. The van der Waals surface area contributed by atoms with Gasteiger partial charge in [-0.1, -0.05) is 25.7 Å². The Morgan fingerprint density at radius 3 is 2.71 bits per heavy atom. The maximum absolute atomic E-state index is 12.3. The zero-order chi connectivity index (χ0) is 16.4. The summed E-state index contributed by atoms with van der Waals surface area (Å²) in [4.78, 5) is 12.3. The summed E-state index contributed by atoms with van der Waals surface area (Å²) < 4.78 is 11.5. The fourth-order valence-electron chi connectivity index (χ4n) is 4.10. The lowest BCUT2D eigenvalue weighted by atomic mass is 9.99. The van der Waals surface area contributed by atoms with Crippen LogP contribution in [-0.2, 0) is 19.4 Å². The molecule has 4 rings (SSSR count). The highest BCUT2D eigenvalue weighted by Crippen LogP contribution is 2.40. The minimum absolute atomic E-state index is 0.0647. The van der Waals surface area contributed by atoms with Crippen LogP contribution in [0.5, 0.6) is 11.5 Å². The van der Waals surface area contributed by atoms with Gasteiger partial charge >= 0.3 is 6.03 Å². The smallest absolute Gasteiger partial charge is 0.315 e. The Hall–Kier alpha value is -1.91. The Balaban J connectivity index is 1.41. The molecule has 0 saturated heterocycles. The van der Waals surface area contributed by atoms with Crippen LogP contribution in [0.25, 0.3) is 0 Å². The van der Waals surface area contributed by atoms with E-state index in [1.54, 1.807) is 0 Å². The number of benzene rings is 1. The second-order valence-corrected chi connectivity index (χ2v) is 7.03. The third-order valence-corrected chi connectivity index (χ3v) is 5.38. The van der Waals surface area contributed by atoms with Crippen LogP contribution in [0.3, 0.4) is 0 Å². The third kappa shape index (κ3) is 3.17. The molecule has 0 unspecified atom stereocenters. The Morgan fingerprint density at radius 1 is 1.08 bits per heavy atom. The van der Waals surface area contributed by atoms with E-state index in [9.17, 15) is 4.79 Å². The summed E-state index contributed by atoms with van der Waals surface area (Å²) in [7, 11) is 0. The average molecular weight is 330 g/mol. The number of nitrogens with one attached hydrogen (secondary N) is 2. The number of urea groups is 1. The van der Waals surface area contributed by atoms with Crippen LogP contribution in [0.4, 0.5) is 4.79 Å². The van der Waals surface area contributed by atoms with Gasteiger partial charge in [0.05, 0.1) is 13.2 Å². The lowest BCUT2D eigenvalue weighted by Crippen LogP contribution is -2.41. The molecule has 5 nitrogen and oxygen atoms in total. The number of hydrogen-bond acceptors (Lipinski definition) is 3.